The van der Waals surface area contributed by atoms with E-state index in [1.807, 2.05) is 0 Å². The molecule has 0 saturated heterocycles. The van der Waals surface area contributed by atoms with Crippen molar-refractivity contribution >= 4 is 7.85 Å². The van der Waals surface area contributed by atoms with Crippen LogP contribution in [-0.4, -0.2) is 32.9 Å². The second-order valence-corrected chi connectivity index (χ2v) is 3.66. The van der Waals surface area contributed by atoms with Gasteiger partial charge in [0, 0.05) is 6.04 Å². The fraction of sp³-hybridized carbons (Fsp3) is 1.00. The van der Waals surface area contributed by atoms with Crippen molar-refractivity contribution in [2.45, 2.75) is 38.5 Å². The largest absolute Gasteiger partial charge is 0.306 e. The van der Waals surface area contributed by atoms with Gasteiger partial charge in [-0.25, -0.2) is 0 Å². The Bertz CT molecular complexity index is 81.3. The van der Waals surface area contributed by atoms with Crippen LogP contribution in [0.4, 0.5) is 0 Å². The molecule has 0 saturated carbocycles. The molecule has 0 aromatic carbocycles. The van der Waals surface area contributed by atoms with Crippen LogP contribution in [0, 0.1) is 0 Å². The topological polar surface area (TPSA) is 3.24 Å². The van der Waals surface area contributed by atoms with Crippen LogP contribution >= 0.6 is 0 Å². The molecular weight excluding hydrogens is 121 g/mol. The Kier molecular flexibility index (Phi) is 4.79. The Morgan fingerprint density at radius 2 is 1.90 bits per heavy atom. The van der Waals surface area contributed by atoms with E-state index in [1.54, 1.807) is 0 Å². The summed E-state index contributed by atoms with van der Waals surface area (Å²) >= 11 is 0. The molecule has 2 unspecified atom stereocenters. The highest BCUT2D eigenvalue weighted by Crippen LogP contribution is 2.13. The van der Waals surface area contributed by atoms with Crippen molar-refractivity contribution in [2.24, 2.45) is 0 Å². The predicted octanol–water partition coefficient (Wildman–Crippen LogP) is 1.16. The van der Waals surface area contributed by atoms with E-state index >= 15 is 0 Å². The van der Waals surface area contributed by atoms with Crippen molar-refractivity contribution in [1.82, 2.24) is 4.90 Å². The third-order valence-electron chi connectivity index (χ3n) is 1.95. The predicted molar refractivity (Wildman–Crippen MR) is 50.4 cm³/mol. The highest BCUT2D eigenvalue weighted by atomic mass is 15.1. The average molecular weight is 141 g/mol. The smallest absolute Gasteiger partial charge is 0.105 e. The van der Waals surface area contributed by atoms with E-state index in [0.29, 0.717) is 0 Å². The van der Waals surface area contributed by atoms with Crippen molar-refractivity contribution in [3.63, 3.8) is 0 Å². The zero-order valence-electron chi connectivity index (χ0n) is 8.02. The molecule has 10 heavy (non-hydrogen) atoms. The maximum Gasteiger partial charge on any atom is 0.105 e. The molecule has 0 rings (SSSR count). The Morgan fingerprint density at radius 1 is 1.40 bits per heavy atom. The number of rotatable bonds is 4. The highest BCUT2D eigenvalue weighted by molar-refractivity contribution is 6.11. The van der Waals surface area contributed by atoms with Gasteiger partial charge in [-0.2, -0.15) is 0 Å². The van der Waals surface area contributed by atoms with Gasteiger partial charge in [-0.1, -0.05) is 19.7 Å². The number of hydrogen-bond donors (Lipinski definition) is 0. The van der Waals surface area contributed by atoms with Crippen LogP contribution in [0.2, 0.25) is 5.82 Å². The van der Waals surface area contributed by atoms with Crippen LogP contribution in [0.15, 0.2) is 0 Å². The Labute approximate surface area is 66.2 Å². The zero-order valence-corrected chi connectivity index (χ0v) is 8.02. The molecule has 60 valence electrons. The SMILES string of the molecule is BC(C)CC(CC)N(C)C. The van der Waals surface area contributed by atoms with Crippen LogP contribution in [0.3, 0.4) is 0 Å². The number of nitrogens with zero attached hydrogens (tertiary/aromatic N) is 1. The summed E-state index contributed by atoms with van der Waals surface area (Å²) in [6.07, 6.45) is 2.59. The summed E-state index contributed by atoms with van der Waals surface area (Å²) in [6.45, 7) is 4.54. The van der Waals surface area contributed by atoms with Crippen molar-refractivity contribution < 1.29 is 0 Å². The van der Waals surface area contributed by atoms with Crippen LogP contribution in [0.25, 0.3) is 0 Å². The molecule has 0 spiro atoms. The van der Waals surface area contributed by atoms with Crippen LogP contribution in [0.5, 0.6) is 0 Å². The van der Waals surface area contributed by atoms with Crippen molar-refractivity contribution in [3.8, 4) is 0 Å². The molecule has 0 aliphatic rings. The molecule has 1 nitrogen and oxygen atoms in total. The first-order chi connectivity index (χ1) is 4.57. The van der Waals surface area contributed by atoms with Crippen molar-refractivity contribution in [3.05, 3.63) is 0 Å². The van der Waals surface area contributed by atoms with Gasteiger partial charge >= 0.3 is 0 Å². The van der Waals surface area contributed by atoms with Gasteiger partial charge < -0.3 is 4.90 Å². The third-order valence-corrected chi connectivity index (χ3v) is 1.95. The zero-order chi connectivity index (χ0) is 8.15. The molecule has 0 aliphatic carbocycles. The van der Waals surface area contributed by atoms with E-state index in [-0.39, 0.29) is 0 Å². The molecule has 0 heterocycles. The summed E-state index contributed by atoms with van der Waals surface area (Å²) in [4.78, 5) is 2.32. The van der Waals surface area contributed by atoms with Crippen molar-refractivity contribution in [2.75, 3.05) is 14.1 Å². The lowest BCUT2D eigenvalue weighted by molar-refractivity contribution is 0.270. The fourth-order valence-corrected chi connectivity index (χ4v) is 1.29. The Morgan fingerprint density at radius 3 is 2.00 bits per heavy atom. The lowest BCUT2D eigenvalue weighted by Gasteiger charge is -2.24. The summed E-state index contributed by atoms with van der Waals surface area (Å²) < 4.78 is 0. The standard InChI is InChI=1S/C8H20BN/c1-5-8(10(3)4)6-7(2)9/h7-8H,5-6,9H2,1-4H3. The van der Waals surface area contributed by atoms with E-state index in [9.17, 15) is 0 Å². The quantitative estimate of drug-likeness (QED) is 0.531. The van der Waals surface area contributed by atoms with Crippen LogP contribution in [0.1, 0.15) is 26.7 Å². The Hall–Kier alpha value is 0.0249. The molecule has 0 aromatic heterocycles. The lowest BCUT2D eigenvalue weighted by Crippen LogP contribution is -2.27. The van der Waals surface area contributed by atoms with Gasteiger partial charge in [0.2, 0.25) is 0 Å². The van der Waals surface area contributed by atoms with E-state index in [0.717, 1.165) is 11.9 Å². The minimum Gasteiger partial charge on any atom is -0.306 e. The molecule has 0 N–H and O–H groups in total. The van der Waals surface area contributed by atoms with Gasteiger partial charge in [0.1, 0.15) is 7.85 Å². The fourth-order valence-electron chi connectivity index (χ4n) is 1.29. The average Bonchev–Trinajstić information content (AvgIpc) is 1.81. The third kappa shape index (κ3) is 3.94. The lowest BCUT2D eigenvalue weighted by atomic mass is 9.83. The maximum atomic E-state index is 2.32. The first-order valence-electron chi connectivity index (χ1n) is 4.24. The molecule has 2 heteroatoms. The monoisotopic (exact) mass is 141 g/mol. The molecule has 0 amide bonds. The van der Waals surface area contributed by atoms with Gasteiger partial charge in [0.15, 0.2) is 0 Å². The van der Waals surface area contributed by atoms with Crippen molar-refractivity contribution in [1.29, 1.82) is 0 Å². The van der Waals surface area contributed by atoms with E-state index < -0.39 is 0 Å². The Balaban J connectivity index is 3.60. The molecule has 0 fully saturated rings. The summed E-state index contributed by atoms with van der Waals surface area (Å²) in [6, 6.07) is 0.778. The summed E-state index contributed by atoms with van der Waals surface area (Å²) in [5.74, 6) is 0.826. The van der Waals surface area contributed by atoms with Gasteiger partial charge in [-0.15, -0.1) is 0 Å². The minimum absolute atomic E-state index is 0.778. The first-order valence-corrected chi connectivity index (χ1v) is 4.24. The van der Waals surface area contributed by atoms with Gasteiger partial charge in [-0.05, 0) is 26.9 Å². The van der Waals surface area contributed by atoms with E-state index in [1.165, 1.54) is 12.8 Å². The van der Waals surface area contributed by atoms with Crippen LogP contribution in [-0.2, 0) is 0 Å². The second-order valence-electron chi connectivity index (χ2n) is 3.66. The summed E-state index contributed by atoms with van der Waals surface area (Å²) in [7, 11) is 6.61. The number of hydrogen-bond acceptors (Lipinski definition) is 1. The van der Waals surface area contributed by atoms with Gasteiger partial charge in [0.25, 0.3) is 0 Å². The van der Waals surface area contributed by atoms with Crippen LogP contribution < -0.4 is 0 Å². The minimum atomic E-state index is 0.778. The molecule has 0 radical (unpaired) electrons. The summed E-state index contributed by atoms with van der Waals surface area (Å²) in [5.41, 5.74) is 0. The molecule has 0 bridgehead atoms. The van der Waals surface area contributed by atoms with E-state index in [4.69, 9.17) is 0 Å². The molecule has 0 aliphatic heterocycles. The second kappa shape index (κ2) is 4.78. The normalized spacial score (nSPS) is 17.3. The molecular formula is C8H20BN. The molecule has 2 atom stereocenters. The highest BCUT2D eigenvalue weighted by Gasteiger charge is 2.09. The maximum absolute atomic E-state index is 2.32. The van der Waals surface area contributed by atoms with Gasteiger partial charge in [-0.3, -0.25) is 0 Å². The summed E-state index contributed by atoms with van der Waals surface area (Å²) in [5, 5.41) is 0. The first kappa shape index (κ1) is 10.0. The van der Waals surface area contributed by atoms with Gasteiger partial charge in [0.05, 0.1) is 0 Å². The molecule has 0 aromatic rings. The van der Waals surface area contributed by atoms with E-state index in [2.05, 4.69) is 40.7 Å².